The molecule has 0 unspecified atom stereocenters. The normalized spacial score (nSPS) is 11.9. The predicted molar refractivity (Wildman–Crippen MR) is 102 cm³/mol. The fraction of sp³-hybridized carbons (Fsp3) is 0.118. The first-order valence-corrected chi connectivity index (χ1v) is 10.8. The molecule has 0 atom stereocenters. The first kappa shape index (κ1) is 18.9. The van der Waals surface area contributed by atoms with E-state index < -0.39 is 20.0 Å². The Morgan fingerprint density at radius 2 is 1.48 bits per heavy atom. The molecule has 0 saturated heterocycles. The Hall–Kier alpha value is -2.85. The molecule has 1 aromatic heterocycles. The van der Waals surface area contributed by atoms with Crippen molar-refractivity contribution in [2.45, 2.75) is 16.8 Å². The Bertz CT molecular complexity index is 1150. The van der Waals surface area contributed by atoms with Crippen LogP contribution in [0.25, 0.3) is 0 Å². The topological polar surface area (TPSA) is 110 Å². The molecule has 1 heterocycles. The van der Waals surface area contributed by atoms with E-state index in [0.717, 1.165) is 0 Å². The summed E-state index contributed by atoms with van der Waals surface area (Å²) in [4.78, 5) is -0.0618. The van der Waals surface area contributed by atoms with E-state index in [-0.39, 0.29) is 15.6 Å². The van der Waals surface area contributed by atoms with Gasteiger partial charge in [0.2, 0.25) is 0 Å². The monoisotopic (exact) mass is 406 g/mol. The second-order valence-corrected chi connectivity index (χ2v) is 9.14. The van der Waals surface area contributed by atoms with Gasteiger partial charge >= 0.3 is 0 Å². The van der Waals surface area contributed by atoms with Gasteiger partial charge in [0.1, 0.15) is 0 Å². The van der Waals surface area contributed by atoms with Crippen LogP contribution in [0.4, 0.5) is 11.4 Å². The van der Waals surface area contributed by atoms with Crippen molar-refractivity contribution < 1.29 is 16.8 Å². The van der Waals surface area contributed by atoms with Crippen LogP contribution in [0.5, 0.6) is 0 Å². The van der Waals surface area contributed by atoms with E-state index in [2.05, 4.69) is 14.5 Å². The number of nitrogens with one attached hydrogen (secondary N) is 2. The first-order chi connectivity index (χ1) is 12.7. The number of anilines is 2. The van der Waals surface area contributed by atoms with Crippen LogP contribution in [0.3, 0.4) is 0 Å². The highest BCUT2D eigenvalue weighted by atomic mass is 32.2. The Kier molecular flexibility index (Phi) is 4.94. The molecule has 0 aliphatic rings. The van der Waals surface area contributed by atoms with Gasteiger partial charge in [-0.15, -0.1) is 0 Å². The number of aryl methyl sites for hydroxylation is 2. The number of rotatable bonds is 6. The van der Waals surface area contributed by atoms with E-state index in [1.165, 1.54) is 42.2 Å². The van der Waals surface area contributed by atoms with E-state index in [0.29, 0.717) is 11.3 Å². The lowest BCUT2D eigenvalue weighted by molar-refractivity contribution is 0.580. The van der Waals surface area contributed by atoms with E-state index in [9.17, 15) is 16.8 Å². The molecule has 0 radical (unpaired) electrons. The maximum Gasteiger partial charge on any atom is 0.279 e. The molecule has 2 aromatic carbocycles. The van der Waals surface area contributed by atoms with Gasteiger partial charge in [-0.3, -0.25) is 14.1 Å². The number of benzene rings is 2. The molecule has 10 heteroatoms. The van der Waals surface area contributed by atoms with Crippen molar-refractivity contribution >= 4 is 31.4 Å². The average Bonchev–Trinajstić information content (AvgIpc) is 2.94. The van der Waals surface area contributed by atoms with Crippen LogP contribution >= 0.6 is 0 Å². The third-order valence-corrected chi connectivity index (χ3v) is 6.71. The van der Waals surface area contributed by atoms with E-state index >= 15 is 0 Å². The van der Waals surface area contributed by atoms with Crippen molar-refractivity contribution in [1.29, 1.82) is 0 Å². The average molecular weight is 406 g/mol. The fourth-order valence-corrected chi connectivity index (χ4v) is 5.08. The van der Waals surface area contributed by atoms with Crippen molar-refractivity contribution in [2.24, 2.45) is 7.05 Å². The van der Waals surface area contributed by atoms with Gasteiger partial charge in [0.25, 0.3) is 20.0 Å². The smallest absolute Gasteiger partial charge is 0.279 e. The highest BCUT2D eigenvalue weighted by Gasteiger charge is 2.22. The molecule has 8 nitrogen and oxygen atoms in total. The standard InChI is InChI=1S/C17H18N4O4S2/c1-13-12-18-21(2)17(13)27(24,25)20-15-9-6-10-16(11-15)26(22,23)19-14-7-4-3-5-8-14/h3-12,19-20H,1-2H3. The van der Waals surface area contributed by atoms with Crippen LogP contribution in [0.15, 0.2) is 70.7 Å². The minimum Gasteiger partial charge on any atom is -0.280 e. The van der Waals surface area contributed by atoms with Gasteiger partial charge in [-0.05, 0) is 37.3 Å². The highest BCUT2D eigenvalue weighted by molar-refractivity contribution is 7.93. The highest BCUT2D eigenvalue weighted by Crippen LogP contribution is 2.22. The van der Waals surface area contributed by atoms with Crippen molar-refractivity contribution in [1.82, 2.24) is 9.78 Å². The van der Waals surface area contributed by atoms with Gasteiger partial charge in [0, 0.05) is 18.3 Å². The van der Waals surface area contributed by atoms with Crippen LogP contribution < -0.4 is 9.44 Å². The molecule has 2 N–H and O–H groups in total. The van der Waals surface area contributed by atoms with Gasteiger partial charge < -0.3 is 0 Å². The number of nitrogens with zero attached hydrogens (tertiary/aromatic N) is 2. The zero-order valence-corrected chi connectivity index (χ0v) is 16.3. The molecule has 3 aromatic rings. The lowest BCUT2D eigenvalue weighted by atomic mass is 10.3. The molecule has 0 aliphatic carbocycles. The number of hydrogen-bond donors (Lipinski definition) is 2. The Morgan fingerprint density at radius 1 is 0.852 bits per heavy atom. The molecule has 142 valence electrons. The van der Waals surface area contributed by atoms with Crippen molar-refractivity contribution in [2.75, 3.05) is 9.44 Å². The van der Waals surface area contributed by atoms with Crippen molar-refractivity contribution in [3.8, 4) is 0 Å². The summed E-state index contributed by atoms with van der Waals surface area (Å²) in [6.07, 6.45) is 1.44. The van der Waals surface area contributed by atoms with Crippen LogP contribution in [0, 0.1) is 6.92 Å². The number of hydrogen-bond acceptors (Lipinski definition) is 5. The third-order valence-electron chi connectivity index (χ3n) is 3.73. The second kappa shape index (κ2) is 7.05. The lowest BCUT2D eigenvalue weighted by Gasteiger charge is -2.12. The molecular weight excluding hydrogens is 388 g/mol. The number of para-hydroxylation sites is 1. The zero-order valence-electron chi connectivity index (χ0n) is 14.6. The Labute approximate surface area is 158 Å². The molecule has 0 fully saturated rings. The minimum absolute atomic E-state index is 0.0122. The quantitative estimate of drug-likeness (QED) is 0.653. The maximum atomic E-state index is 12.6. The van der Waals surface area contributed by atoms with E-state index in [1.54, 1.807) is 37.3 Å². The summed E-state index contributed by atoms with van der Waals surface area (Å²) in [5, 5.41) is 3.93. The predicted octanol–water partition coefficient (Wildman–Crippen LogP) is 2.33. The molecule has 3 rings (SSSR count). The van der Waals surface area contributed by atoms with Gasteiger partial charge in [-0.25, -0.2) is 8.42 Å². The zero-order chi connectivity index (χ0) is 19.7. The summed E-state index contributed by atoms with van der Waals surface area (Å²) in [7, 11) is -6.26. The Balaban J connectivity index is 1.90. The minimum atomic E-state index is -3.92. The van der Waals surface area contributed by atoms with Gasteiger partial charge in [-0.1, -0.05) is 24.3 Å². The molecule has 0 saturated carbocycles. The molecular formula is C17H18N4O4S2. The second-order valence-electron chi connectivity index (χ2n) is 5.86. The summed E-state index contributed by atoms with van der Waals surface area (Å²) in [6, 6.07) is 14.0. The van der Waals surface area contributed by atoms with Crippen LogP contribution in [-0.4, -0.2) is 26.6 Å². The van der Waals surface area contributed by atoms with Gasteiger partial charge in [-0.2, -0.15) is 13.5 Å². The van der Waals surface area contributed by atoms with Crippen LogP contribution in [0.1, 0.15) is 5.56 Å². The first-order valence-electron chi connectivity index (χ1n) is 7.88. The summed E-state index contributed by atoms with van der Waals surface area (Å²) >= 11 is 0. The molecule has 0 bridgehead atoms. The van der Waals surface area contributed by atoms with Crippen LogP contribution in [0.2, 0.25) is 0 Å². The summed E-state index contributed by atoms with van der Waals surface area (Å²) in [5.74, 6) is 0. The summed E-state index contributed by atoms with van der Waals surface area (Å²) in [5.41, 5.74) is 1.03. The third kappa shape index (κ3) is 4.12. The van der Waals surface area contributed by atoms with Gasteiger partial charge in [0.15, 0.2) is 5.03 Å². The molecule has 0 amide bonds. The molecule has 0 spiro atoms. The number of sulfonamides is 2. The van der Waals surface area contributed by atoms with E-state index in [4.69, 9.17) is 0 Å². The van der Waals surface area contributed by atoms with Crippen molar-refractivity contribution in [3.63, 3.8) is 0 Å². The Morgan fingerprint density at radius 3 is 2.11 bits per heavy atom. The summed E-state index contributed by atoms with van der Waals surface area (Å²) in [6.45, 7) is 1.63. The van der Waals surface area contributed by atoms with E-state index in [1.807, 2.05) is 0 Å². The van der Waals surface area contributed by atoms with Crippen LogP contribution in [-0.2, 0) is 27.1 Å². The molecule has 0 aliphatic heterocycles. The fourth-order valence-electron chi connectivity index (χ4n) is 2.57. The maximum absolute atomic E-state index is 12.6. The number of aromatic nitrogens is 2. The largest absolute Gasteiger partial charge is 0.280 e. The SMILES string of the molecule is Cc1cnn(C)c1S(=O)(=O)Nc1cccc(S(=O)(=O)Nc2ccccc2)c1. The lowest BCUT2D eigenvalue weighted by Crippen LogP contribution is -2.18. The van der Waals surface area contributed by atoms with Gasteiger partial charge in [0.05, 0.1) is 16.8 Å². The molecule has 27 heavy (non-hydrogen) atoms. The summed E-state index contributed by atoms with van der Waals surface area (Å²) < 4.78 is 56.4. The van der Waals surface area contributed by atoms with Crippen molar-refractivity contribution in [3.05, 3.63) is 66.4 Å².